The van der Waals surface area contributed by atoms with Crippen molar-refractivity contribution in [1.82, 2.24) is 4.90 Å². The summed E-state index contributed by atoms with van der Waals surface area (Å²) in [5.74, 6) is -2.94. The van der Waals surface area contributed by atoms with Crippen LogP contribution in [0, 0.1) is 0 Å². The van der Waals surface area contributed by atoms with Crippen LogP contribution in [-0.2, 0) is 9.59 Å². The molecule has 0 spiro atoms. The molecule has 1 heterocycles. The van der Waals surface area contributed by atoms with Gasteiger partial charge in [0.25, 0.3) is 0 Å². The minimum absolute atomic E-state index is 0.00463. The van der Waals surface area contributed by atoms with E-state index in [-0.39, 0.29) is 11.9 Å². The number of rotatable bonds is 1. The predicted molar refractivity (Wildman–Crippen MR) is 48.5 cm³/mol. The number of likely N-dealkylation sites (tertiary alicyclic amines) is 1. The molecule has 0 bridgehead atoms. The van der Waals surface area contributed by atoms with Crippen molar-refractivity contribution in [2.24, 2.45) is 5.73 Å². The minimum Gasteiger partial charge on any atom is -0.475 e. The van der Waals surface area contributed by atoms with Crippen molar-refractivity contribution in [2.75, 3.05) is 13.6 Å². The number of primary amides is 1. The molecule has 1 rings (SSSR count). The van der Waals surface area contributed by atoms with Gasteiger partial charge in [-0.25, -0.2) is 4.79 Å². The van der Waals surface area contributed by atoms with E-state index in [1.807, 2.05) is 11.9 Å². The fourth-order valence-corrected chi connectivity index (χ4v) is 1.27. The number of carbonyl (C=O) groups excluding carboxylic acids is 1. The zero-order chi connectivity index (χ0) is 12.9. The Bertz CT molecular complexity index is 268. The summed E-state index contributed by atoms with van der Waals surface area (Å²) in [5.41, 5.74) is 5.11. The van der Waals surface area contributed by atoms with Gasteiger partial charge in [-0.2, -0.15) is 13.2 Å². The number of likely N-dealkylation sites (N-methyl/N-ethyl adjacent to an activating group) is 1. The highest BCUT2D eigenvalue weighted by Gasteiger charge is 2.38. The average molecular weight is 242 g/mol. The molecule has 0 radical (unpaired) electrons. The van der Waals surface area contributed by atoms with Crippen molar-refractivity contribution in [3.63, 3.8) is 0 Å². The van der Waals surface area contributed by atoms with Crippen LogP contribution in [0.3, 0.4) is 0 Å². The van der Waals surface area contributed by atoms with Crippen molar-refractivity contribution < 1.29 is 27.9 Å². The average Bonchev–Trinajstić information content (AvgIpc) is 2.50. The Balaban J connectivity index is 0.000000293. The number of alkyl halides is 3. The Morgan fingerprint density at radius 1 is 1.44 bits per heavy atom. The number of hydrogen-bond acceptors (Lipinski definition) is 3. The lowest BCUT2D eigenvalue weighted by Gasteiger charge is -2.14. The maximum atomic E-state index is 10.6. The van der Waals surface area contributed by atoms with Gasteiger partial charge in [-0.3, -0.25) is 9.69 Å². The number of hydrogen-bond donors (Lipinski definition) is 2. The van der Waals surface area contributed by atoms with Gasteiger partial charge in [-0.1, -0.05) is 0 Å². The maximum absolute atomic E-state index is 10.6. The molecule has 16 heavy (non-hydrogen) atoms. The third-order valence-electron chi connectivity index (χ3n) is 2.09. The van der Waals surface area contributed by atoms with Crippen molar-refractivity contribution in [3.8, 4) is 0 Å². The van der Waals surface area contributed by atoms with E-state index in [4.69, 9.17) is 15.6 Å². The number of nitrogens with zero attached hydrogens (tertiary/aromatic N) is 1. The van der Waals surface area contributed by atoms with Crippen LogP contribution in [0.2, 0.25) is 0 Å². The lowest BCUT2D eigenvalue weighted by molar-refractivity contribution is -0.192. The molecule has 0 unspecified atom stereocenters. The fourth-order valence-electron chi connectivity index (χ4n) is 1.27. The van der Waals surface area contributed by atoms with Gasteiger partial charge in [-0.15, -0.1) is 0 Å². The highest BCUT2D eigenvalue weighted by Crippen LogP contribution is 2.13. The summed E-state index contributed by atoms with van der Waals surface area (Å²) < 4.78 is 31.7. The summed E-state index contributed by atoms with van der Waals surface area (Å²) >= 11 is 0. The van der Waals surface area contributed by atoms with E-state index in [0.717, 1.165) is 19.4 Å². The maximum Gasteiger partial charge on any atom is 0.490 e. The van der Waals surface area contributed by atoms with E-state index in [9.17, 15) is 18.0 Å². The molecule has 1 aliphatic heterocycles. The summed E-state index contributed by atoms with van der Waals surface area (Å²) in [6.45, 7) is 1.01. The Labute approximate surface area is 90.0 Å². The quantitative estimate of drug-likeness (QED) is 0.688. The van der Waals surface area contributed by atoms with Crippen LogP contribution in [0.25, 0.3) is 0 Å². The lowest BCUT2D eigenvalue weighted by atomic mass is 10.2. The second kappa shape index (κ2) is 5.69. The molecule has 5 nitrogen and oxygen atoms in total. The van der Waals surface area contributed by atoms with Crippen LogP contribution in [0.5, 0.6) is 0 Å². The fraction of sp³-hybridized carbons (Fsp3) is 0.750. The monoisotopic (exact) mass is 242 g/mol. The first-order chi connectivity index (χ1) is 7.16. The first-order valence-electron chi connectivity index (χ1n) is 4.46. The molecule has 1 amide bonds. The molecule has 1 atom stereocenters. The van der Waals surface area contributed by atoms with Gasteiger partial charge in [-0.05, 0) is 26.4 Å². The minimum atomic E-state index is -5.08. The van der Waals surface area contributed by atoms with Crippen LogP contribution in [0.15, 0.2) is 0 Å². The van der Waals surface area contributed by atoms with Crippen molar-refractivity contribution in [2.45, 2.75) is 25.1 Å². The second-order valence-electron chi connectivity index (χ2n) is 3.34. The molecule has 0 aliphatic carbocycles. The van der Waals surface area contributed by atoms with Gasteiger partial charge >= 0.3 is 12.1 Å². The normalized spacial score (nSPS) is 21.1. The van der Waals surface area contributed by atoms with Gasteiger partial charge in [0, 0.05) is 0 Å². The van der Waals surface area contributed by atoms with E-state index in [1.54, 1.807) is 0 Å². The van der Waals surface area contributed by atoms with Crippen LogP contribution in [0.1, 0.15) is 12.8 Å². The third kappa shape index (κ3) is 4.96. The molecule has 1 aliphatic rings. The Morgan fingerprint density at radius 2 is 1.88 bits per heavy atom. The number of halogens is 3. The van der Waals surface area contributed by atoms with Gasteiger partial charge in [0.1, 0.15) is 0 Å². The van der Waals surface area contributed by atoms with Crippen molar-refractivity contribution >= 4 is 11.9 Å². The number of aliphatic carboxylic acids is 1. The predicted octanol–water partition coefficient (Wildman–Crippen LogP) is 0.199. The first-order valence-corrected chi connectivity index (χ1v) is 4.46. The lowest BCUT2D eigenvalue weighted by Crippen LogP contribution is -2.37. The number of carbonyl (C=O) groups is 2. The molecule has 0 aromatic rings. The summed E-state index contributed by atoms with van der Waals surface area (Å²) in [4.78, 5) is 21.5. The van der Waals surface area contributed by atoms with Gasteiger partial charge in [0.15, 0.2) is 0 Å². The van der Waals surface area contributed by atoms with Crippen LogP contribution >= 0.6 is 0 Å². The molecular formula is C8H13F3N2O3. The van der Waals surface area contributed by atoms with Crippen LogP contribution < -0.4 is 5.73 Å². The van der Waals surface area contributed by atoms with Crippen molar-refractivity contribution in [3.05, 3.63) is 0 Å². The number of nitrogens with two attached hydrogens (primary N) is 1. The summed E-state index contributed by atoms with van der Waals surface area (Å²) in [7, 11) is 1.93. The standard InChI is InChI=1S/C6H12N2O.C2HF3O2/c1-8-4-2-3-5(8)6(7)9;3-2(4,5)1(6)7/h5H,2-4H2,1H3,(H2,7,9);(H,6,7)/t5-;/m0./s1. The molecule has 3 N–H and O–H groups in total. The molecule has 8 heteroatoms. The van der Waals surface area contributed by atoms with Crippen molar-refractivity contribution in [1.29, 1.82) is 0 Å². The van der Waals surface area contributed by atoms with E-state index in [2.05, 4.69) is 0 Å². The molecule has 0 saturated carbocycles. The second-order valence-corrected chi connectivity index (χ2v) is 3.34. The highest BCUT2D eigenvalue weighted by molar-refractivity contribution is 5.80. The Hall–Kier alpha value is -1.31. The number of carboxylic acids is 1. The Kier molecular flexibility index (Phi) is 5.22. The molecule has 1 fully saturated rings. The summed E-state index contributed by atoms with van der Waals surface area (Å²) in [6.07, 6.45) is -3.05. The number of carboxylic acid groups (broad SMARTS) is 1. The molecule has 1 saturated heterocycles. The third-order valence-corrected chi connectivity index (χ3v) is 2.09. The molecule has 0 aromatic heterocycles. The SMILES string of the molecule is CN1CCC[C@H]1C(N)=O.O=C(O)C(F)(F)F. The largest absolute Gasteiger partial charge is 0.490 e. The summed E-state index contributed by atoms with van der Waals surface area (Å²) in [6, 6.07) is 0.00463. The summed E-state index contributed by atoms with van der Waals surface area (Å²) in [5, 5.41) is 7.12. The zero-order valence-electron chi connectivity index (χ0n) is 8.62. The van der Waals surface area contributed by atoms with Gasteiger partial charge in [0.2, 0.25) is 5.91 Å². The van der Waals surface area contributed by atoms with E-state index in [1.165, 1.54) is 0 Å². The van der Waals surface area contributed by atoms with E-state index >= 15 is 0 Å². The van der Waals surface area contributed by atoms with Crippen LogP contribution in [0.4, 0.5) is 13.2 Å². The van der Waals surface area contributed by atoms with Gasteiger partial charge in [0.05, 0.1) is 6.04 Å². The molecule has 0 aromatic carbocycles. The number of amides is 1. The van der Waals surface area contributed by atoms with E-state index in [0.29, 0.717) is 0 Å². The smallest absolute Gasteiger partial charge is 0.475 e. The van der Waals surface area contributed by atoms with Gasteiger partial charge < -0.3 is 10.8 Å². The topological polar surface area (TPSA) is 83.6 Å². The first kappa shape index (κ1) is 14.7. The molecule has 94 valence electrons. The Morgan fingerprint density at radius 3 is 2.00 bits per heavy atom. The zero-order valence-corrected chi connectivity index (χ0v) is 8.62. The van der Waals surface area contributed by atoms with Crippen LogP contribution in [-0.4, -0.2) is 47.7 Å². The highest BCUT2D eigenvalue weighted by atomic mass is 19.4. The molecular weight excluding hydrogens is 229 g/mol. The van der Waals surface area contributed by atoms with E-state index < -0.39 is 12.1 Å².